The maximum Gasteiger partial charge on any atom is 0.143 e. The molecule has 0 amide bonds. The summed E-state index contributed by atoms with van der Waals surface area (Å²) in [6.07, 6.45) is 2.79. The van der Waals surface area contributed by atoms with Crippen molar-refractivity contribution in [2.24, 2.45) is 0 Å². The van der Waals surface area contributed by atoms with Crippen LogP contribution >= 0.6 is 0 Å². The molecule has 0 bridgehead atoms. The maximum absolute atomic E-state index is 12.7. The van der Waals surface area contributed by atoms with E-state index in [9.17, 15) is 4.79 Å². The van der Waals surface area contributed by atoms with Gasteiger partial charge in [0.2, 0.25) is 0 Å². The molecule has 102 valence electrons. The highest BCUT2D eigenvalue weighted by Gasteiger charge is 2.45. The molecule has 2 aromatic rings. The lowest BCUT2D eigenvalue weighted by molar-refractivity contribution is -0.126. The van der Waals surface area contributed by atoms with Crippen LogP contribution in [0, 0.1) is 0 Å². The van der Waals surface area contributed by atoms with Crippen molar-refractivity contribution >= 4 is 5.78 Å². The van der Waals surface area contributed by atoms with Crippen LogP contribution in [0.25, 0.3) is 0 Å². The molecule has 1 aliphatic carbocycles. The van der Waals surface area contributed by atoms with Gasteiger partial charge < -0.3 is 0 Å². The third-order valence-corrected chi connectivity index (χ3v) is 4.75. The first-order chi connectivity index (χ1) is 9.73. The Hall–Kier alpha value is -1.89. The molecular weight excluding hydrogens is 244 g/mol. The zero-order valence-electron chi connectivity index (χ0n) is 11.9. The van der Waals surface area contributed by atoms with Crippen molar-refractivity contribution in [1.82, 2.24) is 0 Å². The minimum absolute atomic E-state index is 0.285. The van der Waals surface area contributed by atoms with Crippen LogP contribution in [0.4, 0.5) is 0 Å². The topological polar surface area (TPSA) is 17.1 Å². The molecule has 20 heavy (non-hydrogen) atoms. The Bertz CT molecular complexity index is 588. The number of ketones is 1. The average Bonchev–Trinajstić information content (AvgIpc) is 2.52. The van der Waals surface area contributed by atoms with Crippen molar-refractivity contribution in [2.75, 3.05) is 0 Å². The van der Waals surface area contributed by atoms with Crippen molar-refractivity contribution in [1.29, 1.82) is 0 Å². The summed E-state index contributed by atoms with van der Waals surface area (Å²) < 4.78 is 0. The number of benzene rings is 2. The van der Waals surface area contributed by atoms with Gasteiger partial charge in [-0.25, -0.2) is 0 Å². The molecule has 0 heterocycles. The third-order valence-electron chi connectivity index (χ3n) is 4.75. The van der Waals surface area contributed by atoms with Gasteiger partial charge >= 0.3 is 0 Å². The summed E-state index contributed by atoms with van der Waals surface area (Å²) in [6.45, 7) is 2.13. The van der Waals surface area contributed by atoms with E-state index < -0.39 is 0 Å². The van der Waals surface area contributed by atoms with Gasteiger partial charge in [-0.3, -0.25) is 4.79 Å². The van der Waals surface area contributed by atoms with Crippen molar-refractivity contribution in [2.45, 2.75) is 37.5 Å². The van der Waals surface area contributed by atoms with Gasteiger partial charge in [0.05, 0.1) is 5.41 Å². The second-order valence-electron chi connectivity index (χ2n) is 5.85. The van der Waals surface area contributed by atoms with Gasteiger partial charge in [-0.2, -0.15) is 0 Å². The quantitative estimate of drug-likeness (QED) is 0.781. The van der Waals surface area contributed by atoms with Crippen LogP contribution < -0.4 is 0 Å². The molecule has 1 saturated carbocycles. The summed E-state index contributed by atoms with van der Waals surface area (Å²) in [7, 11) is 0. The van der Waals surface area contributed by atoms with Crippen molar-refractivity contribution < 1.29 is 4.79 Å². The van der Waals surface area contributed by atoms with Crippen LogP contribution in [0.1, 0.15) is 43.2 Å². The summed E-state index contributed by atoms with van der Waals surface area (Å²) in [5.74, 6) is 0.663. The number of Topliss-reactive ketones (excluding diaryl/α,β-unsaturated/α-hetero) is 1. The smallest absolute Gasteiger partial charge is 0.143 e. The van der Waals surface area contributed by atoms with Gasteiger partial charge in [-0.05, 0) is 30.9 Å². The highest BCUT2D eigenvalue weighted by molar-refractivity contribution is 5.91. The van der Waals surface area contributed by atoms with Gasteiger partial charge in [0.1, 0.15) is 5.78 Å². The van der Waals surface area contributed by atoms with Crippen molar-refractivity contribution in [3.05, 3.63) is 71.8 Å². The zero-order valence-corrected chi connectivity index (χ0v) is 11.9. The molecule has 2 atom stereocenters. The maximum atomic E-state index is 12.7. The SMILES string of the molecule is CC1(c2ccccc2)C(=O)CCCC1c1ccccc1. The standard InChI is InChI=1S/C19H20O/c1-19(16-11-6-3-7-12-16)17(13-8-14-18(19)20)15-9-4-2-5-10-15/h2-7,9-12,17H,8,13-14H2,1H3. The van der Waals surface area contributed by atoms with Gasteiger partial charge in [0.15, 0.2) is 0 Å². The lowest BCUT2D eigenvalue weighted by Crippen LogP contribution is -2.42. The fraction of sp³-hybridized carbons (Fsp3) is 0.316. The number of rotatable bonds is 2. The van der Waals surface area contributed by atoms with Crippen LogP contribution in [0.2, 0.25) is 0 Å². The van der Waals surface area contributed by atoms with Crippen LogP contribution in [0.5, 0.6) is 0 Å². The summed E-state index contributed by atoms with van der Waals surface area (Å²) in [6, 6.07) is 20.8. The largest absolute Gasteiger partial charge is 0.299 e. The number of hydrogen-bond donors (Lipinski definition) is 0. The predicted molar refractivity (Wildman–Crippen MR) is 81.8 cm³/mol. The highest BCUT2D eigenvalue weighted by atomic mass is 16.1. The van der Waals surface area contributed by atoms with E-state index in [1.807, 2.05) is 24.3 Å². The van der Waals surface area contributed by atoms with Crippen molar-refractivity contribution in [3.63, 3.8) is 0 Å². The molecule has 3 rings (SSSR count). The molecule has 1 fully saturated rings. The summed E-state index contributed by atoms with van der Waals surface area (Å²) in [5.41, 5.74) is 2.05. The summed E-state index contributed by atoms with van der Waals surface area (Å²) in [5, 5.41) is 0. The first-order valence-electron chi connectivity index (χ1n) is 7.36. The monoisotopic (exact) mass is 264 g/mol. The lowest BCUT2D eigenvalue weighted by atomic mass is 9.61. The Balaban J connectivity index is 2.10. The van der Waals surface area contributed by atoms with E-state index in [1.54, 1.807) is 0 Å². The van der Waals surface area contributed by atoms with E-state index in [4.69, 9.17) is 0 Å². The second-order valence-corrected chi connectivity index (χ2v) is 5.85. The van der Waals surface area contributed by atoms with E-state index in [0.717, 1.165) is 18.4 Å². The summed E-state index contributed by atoms with van der Waals surface area (Å²) >= 11 is 0. The first kappa shape index (κ1) is 13.1. The van der Waals surface area contributed by atoms with Gasteiger partial charge in [-0.15, -0.1) is 0 Å². The Morgan fingerprint density at radius 3 is 2.20 bits per heavy atom. The van der Waals surface area contributed by atoms with E-state index in [-0.39, 0.29) is 11.3 Å². The third kappa shape index (κ3) is 2.07. The van der Waals surface area contributed by atoms with E-state index in [1.165, 1.54) is 5.56 Å². The molecule has 0 radical (unpaired) electrons. The zero-order chi connectivity index (χ0) is 14.0. The molecular formula is C19H20O. The highest BCUT2D eigenvalue weighted by Crippen LogP contribution is 2.46. The molecule has 1 aliphatic rings. The Morgan fingerprint density at radius 1 is 0.950 bits per heavy atom. The van der Waals surface area contributed by atoms with E-state index >= 15 is 0 Å². The molecule has 2 aromatic carbocycles. The average molecular weight is 264 g/mol. The van der Waals surface area contributed by atoms with Gasteiger partial charge in [0, 0.05) is 12.3 Å². The van der Waals surface area contributed by atoms with Crippen LogP contribution in [0.15, 0.2) is 60.7 Å². The molecule has 0 aliphatic heterocycles. The predicted octanol–water partition coefficient (Wildman–Crippen LogP) is 4.48. The number of carbonyl (C=O) groups is 1. The van der Waals surface area contributed by atoms with Crippen molar-refractivity contribution in [3.8, 4) is 0 Å². The fourth-order valence-electron chi connectivity index (χ4n) is 3.54. The Kier molecular flexibility index (Phi) is 3.43. The fourth-order valence-corrected chi connectivity index (χ4v) is 3.54. The summed E-state index contributed by atoms with van der Waals surface area (Å²) in [4.78, 5) is 12.7. The second kappa shape index (κ2) is 5.24. The van der Waals surface area contributed by atoms with E-state index in [0.29, 0.717) is 12.2 Å². The Labute approximate surface area is 120 Å². The number of carbonyl (C=O) groups excluding carboxylic acids is 1. The van der Waals surface area contributed by atoms with E-state index in [2.05, 4.69) is 43.3 Å². The molecule has 0 N–H and O–H groups in total. The Morgan fingerprint density at radius 2 is 1.55 bits per heavy atom. The molecule has 1 nitrogen and oxygen atoms in total. The molecule has 1 heteroatoms. The molecule has 0 spiro atoms. The minimum Gasteiger partial charge on any atom is -0.299 e. The van der Waals surface area contributed by atoms with Gasteiger partial charge in [-0.1, -0.05) is 60.7 Å². The lowest BCUT2D eigenvalue weighted by Gasteiger charge is -2.41. The van der Waals surface area contributed by atoms with Crippen LogP contribution in [-0.4, -0.2) is 5.78 Å². The van der Waals surface area contributed by atoms with Crippen LogP contribution in [0.3, 0.4) is 0 Å². The normalized spacial score (nSPS) is 26.4. The van der Waals surface area contributed by atoms with Gasteiger partial charge in [0.25, 0.3) is 0 Å². The minimum atomic E-state index is -0.388. The molecule has 2 unspecified atom stereocenters. The first-order valence-corrected chi connectivity index (χ1v) is 7.36. The molecule has 0 saturated heterocycles. The number of hydrogen-bond acceptors (Lipinski definition) is 1. The van der Waals surface area contributed by atoms with Crippen LogP contribution in [-0.2, 0) is 10.2 Å². The molecule has 0 aromatic heterocycles.